The Kier molecular flexibility index (Phi) is 5.74. The molecule has 2 aromatic rings. The number of anilines is 1. The van der Waals surface area contributed by atoms with Crippen molar-refractivity contribution < 1.29 is 19.4 Å². The number of benzene rings is 2. The minimum Gasteiger partial charge on any atom is -0.507 e. The van der Waals surface area contributed by atoms with Gasteiger partial charge in [-0.3, -0.25) is 4.79 Å². The summed E-state index contributed by atoms with van der Waals surface area (Å²) in [5.74, 6) is -0.347. The fourth-order valence-corrected chi connectivity index (χ4v) is 3.72. The Bertz CT molecular complexity index is 1050. The molecule has 0 bridgehead atoms. The number of carbonyl (C=O) groups is 2. The molecule has 1 amide bonds. The number of ether oxygens (including phenoxy) is 1. The van der Waals surface area contributed by atoms with Crippen LogP contribution in [0.25, 0.3) is 11.6 Å². The lowest BCUT2D eigenvalue weighted by Crippen LogP contribution is -2.17. The van der Waals surface area contributed by atoms with Gasteiger partial charge in [-0.15, -0.1) is 0 Å². The number of aromatic hydroxyl groups is 1. The van der Waals surface area contributed by atoms with E-state index in [1.807, 2.05) is 18.2 Å². The molecule has 2 N–H and O–H groups in total. The van der Waals surface area contributed by atoms with Gasteiger partial charge in [0.25, 0.3) is 5.91 Å². The first-order valence-electron chi connectivity index (χ1n) is 10.6. The average Bonchev–Trinajstić information content (AvgIpc) is 2.96. The highest BCUT2D eigenvalue weighted by Crippen LogP contribution is 2.41. The van der Waals surface area contributed by atoms with Crippen LogP contribution in [0.2, 0.25) is 0 Å². The van der Waals surface area contributed by atoms with Crippen LogP contribution in [0.3, 0.4) is 0 Å². The maximum absolute atomic E-state index is 12.7. The molecule has 31 heavy (non-hydrogen) atoms. The zero-order chi connectivity index (χ0) is 23.1. The third-order valence-electron chi connectivity index (χ3n) is 5.37. The molecule has 0 saturated heterocycles. The number of phenols is 1. The van der Waals surface area contributed by atoms with E-state index in [0.29, 0.717) is 28.1 Å². The third kappa shape index (κ3) is 4.50. The van der Waals surface area contributed by atoms with Gasteiger partial charge < -0.3 is 15.2 Å². The molecule has 1 aliphatic heterocycles. The number of hydrogen-bond acceptors (Lipinski definition) is 4. The molecular weight excluding hydrogens is 390 g/mol. The van der Waals surface area contributed by atoms with Gasteiger partial charge in [0.1, 0.15) is 5.75 Å². The van der Waals surface area contributed by atoms with Crippen LogP contribution in [-0.4, -0.2) is 23.6 Å². The fraction of sp³-hybridized carbons (Fsp3) is 0.385. The van der Waals surface area contributed by atoms with Gasteiger partial charge in [-0.1, -0.05) is 41.5 Å². The summed E-state index contributed by atoms with van der Waals surface area (Å²) in [6, 6.07) is 8.91. The lowest BCUT2D eigenvalue weighted by Gasteiger charge is -2.28. The van der Waals surface area contributed by atoms with Gasteiger partial charge in [0.2, 0.25) is 0 Å². The van der Waals surface area contributed by atoms with E-state index < -0.39 is 5.97 Å². The highest BCUT2D eigenvalue weighted by molar-refractivity contribution is 6.35. The normalized spacial score (nSPS) is 15.1. The van der Waals surface area contributed by atoms with Gasteiger partial charge in [0, 0.05) is 28.0 Å². The summed E-state index contributed by atoms with van der Waals surface area (Å²) in [7, 11) is 0. The van der Waals surface area contributed by atoms with Crippen LogP contribution in [0.5, 0.6) is 5.75 Å². The van der Waals surface area contributed by atoms with Crippen molar-refractivity contribution in [3.05, 3.63) is 58.1 Å². The van der Waals surface area contributed by atoms with E-state index in [4.69, 9.17) is 4.74 Å². The molecule has 0 spiro atoms. The molecular formula is C26H31NO4. The van der Waals surface area contributed by atoms with Crippen molar-refractivity contribution in [3.8, 4) is 5.75 Å². The van der Waals surface area contributed by atoms with E-state index in [1.54, 1.807) is 25.1 Å². The number of rotatable bonds is 3. The molecule has 5 heteroatoms. The molecule has 0 saturated carbocycles. The molecule has 1 heterocycles. The Labute approximate surface area is 184 Å². The van der Waals surface area contributed by atoms with Gasteiger partial charge >= 0.3 is 5.97 Å². The van der Waals surface area contributed by atoms with E-state index in [9.17, 15) is 14.7 Å². The molecule has 164 valence electrons. The molecule has 1 aliphatic rings. The molecule has 3 rings (SSSR count). The van der Waals surface area contributed by atoms with E-state index in [0.717, 1.165) is 16.7 Å². The summed E-state index contributed by atoms with van der Waals surface area (Å²) < 4.78 is 5.10. The number of esters is 1. The Morgan fingerprint density at radius 2 is 1.61 bits per heavy atom. The standard InChI is InChI=1S/C26H31NO4/c1-8-31-24(30)16-9-10-21-17(14-16)18(23(29)27-21)11-15-12-19(25(2,3)4)22(28)20(13-15)26(5,6)7/h9-14,28H,8H2,1-7H3,(H,27,29)/b18-11-. The Morgan fingerprint density at radius 1 is 1.03 bits per heavy atom. The smallest absolute Gasteiger partial charge is 0.338 e. The molecule has 0 radical (unpaired) electrons. The maximum Gasteiger partial charge on any atom is 0.338 e. The largest absolute Gasteiger partial charge is 0.507 e. The Hall–Kier alpha value is -3.08. The van der Waals surface area contributed by atoms with Crippen LogP contribution < -0.4 is 5.32 Å². The van der Waals surface area contributed by atoms with Crippen molar-refractivity contribution >= 4 is 29.2 Å². The quantitative estimate of drug-likeness (QED) is 0.495. The zero-order valence-electron chi connectivity index (χ0n) is 19.3. The highest BCUT2D eigenvalue weighted by atomic mass is 16.5. The van der Waals surface area contributed by atoms with Gasteiger partial charge in [0.05, 0.1) is 12.2 Å². The highest BCUT2D eigenvalue weighted by Gasteiger charge is 2.28. The molecule has 5 nitrogen and oxygen atoms in total. The Balaban J connectivity index is 2.18. The minimum absolute atomic E-state index is 0.223. The topological polar surface area (TPSA) is 75.6 Å². The second kappa shape index (κ2) is 7.88. The predicted molar refractivity (Wildman–Crippen MR) is 124 cm³/mol. The van der Waals surface area contributed by atoms with Gasteiger partial charge in [-0.05, 0) is 59.7 Å². The van der Waals surface area contributed by atoms with Crippen molar-refractivity contribution in [3.63, 3.8) is 0 Å². The Morgan fingerprint density at radius 3 is 2.13 bits per heavy atom. The van der Waals surface area contributed by atoms with E-state index >= 15 is 0 Å². The van der Waals surface area contributed by atoms with Crippen molar-refractivity contribution in [2.24, 2.45) is 0 Å². The van der Waals surface area contributed by atoms with Crippen LogP contribution in [0.4, 0.5) is 5.69 Å². The lowest BCUT2D eigenvalue weighted by atomic mass is 9.78. The summed E-state index contributed by atoms with van der Waals surface area (Å²) in [4.78, 5) is 24.9. The maximum atomic E-state index is 12.7. The summed E-state index contributed by atoms with van der Waals surface area (Å²) in [5.41, 5.74) is 4.14. The van der Waals surface area contributed by atoms with Gasteiger partial charge in [0.15, 0.2) is 0 Å². The van der Waals surface area contributed by atoms with Crippen molar-refractivity contribution in [2.75, 3.05) is 11.9 Å². The summed E-state index contributed by atoms with van der Waals surface area (Å²) in [6.07, 6.45) is 1.82. The number of nitrogens with one attached hydrogen (secondary N) is 1. The molecule has 0 aromatic heterocycles. The first kappa shape index (κ1) is 22.6. The molecule has 2 aromatic carbocycles. The van der Waals surface area contributed by atoms with Crippen LogP contribution >= 0.6 is 0 Å². The fourth-order valence-electron chi connectivity index (χ4n) is 3.72. The first-order valence-corrected chi connectivity index (χ1v) is 10.6. The number of fused-ring (bicyclic) bond motifs is 1. The van der Waals surface area contributed by atoms with Crippen molar-refractivity contribution in [1.82, 2.24) is 0 Å². The summed E-state index contributed by atoms with van der Waals surface area (Å²) in [5, 5.41) is 13.8. The first-order chi connectivity index (χ1) is 14.3. The number of hydrogen-bond donors (Lipinski definition) is 2. The van der Waals surface area contributed by atoms with Crippen LogP contribution in [0.15, 0.2) is 30.3 Å². The van der Waals surface area contributed by atoms with Crippen LogP contribution in [-0.2, 0) is 20.4 Å². The number of carbonyl (C=O) groups excluding carboxylic acids is 2. The third-order valence-corrected chi connectivity index (χ3v) is 5.37. The van der Waals surface area contributed by atoms with Gasteiger partial charge in [-0.2, -0.15) is 0 Å². The minimum atomic E-state index is -0.418. The molecule has 0 unspecified atom stereocenters. The monoisotopic (exact) mass is 421 g/mol. The average molecular weight is 422 g/mol. The lowest BCUT2D eigenvalue weighted by molar-refractivity contribution is -0.110. The number of phenolic OH excluding ortho intramolecular Hbond substituents is 1. The van der Waals surface area contributed by atoms with E-state index in [1.165, 1.54) is 0 Å². The predicted octanol–water partition coefficient (Wildman–Crippen LogP) is 5.66. The van der Waals surface area contributed by atoms with E-state index in [2.05, 4.69) is 46.9 Å². The molecule has 0 fully saturated rings. The van der Waals surface area contributed by atoms with E-state index in [-0.39, 0.29) is 23.3 Å². The molecule has 0 aliphatic carbocycles. The van der Waals surface area contributed by atoms with Crippen molar-refractivity contribution in [2.45, 2.75) is 59.3 Å². The second-order valence-electron chi connectivity index (χ2n) is 9.96. The van der Waals surface area contributed by atoms with Crippen LogP contribution in [0.1, 0.15) is 81.1 Å². The summed E-state index contributed by atoms with van der Waals surface area (Å²) in [6.45, 7) is 14.3. The van der Waals surface area contributed by atoms with Gasteiger partial charge in [-0.25, -0.2) is 4.79 Å². The van der Waals surface area contributed by atoms with Crippen molar-refractivity contribution in [1.29, 1.82) is 0 Å². The second-order valence-corrected chi connectivity index (χ2v) is 9.96. The summed E-state index contributed by atoms with van der Waals surface area (Å²) >= 11 is 0. The number of amides is 1. The SMILES string of the molecule is CCOC(=O)c1ccc2c(c1)/C(=C/c1cc(C(C)(C)C)c(O)c(C(C)(C)C)c1)C(=O)N2. The zero-order valence-corrected chi connectivity index (χ0v) is 19.3. The van der Waals surface area contributed by atoms with Crippen LogP contribution in [0, 0.1) is 0 Å². The molecule has 0 atom stereocenters.